The number of aryl methyl sites for hydroxylation is 2. The highest BCUT2D eigenvalue weighted by Crippen LogP contribution is 2.49. The molecule has 3 aliphatic rings. The number of fused-ring (bicyclic) bond motifs is 3. The molecule has 11 heteroatoms. The van der Waals surface area contributed by atoms with Crippen LogP contribution in [0.5, 0.6) is 5.75 Å². The summed E-state index contributed by atoms with van der Waals surface area (Å²) in [7, 11) is 1.69. The Morgan fingerprint density at radius 3 is 2.57 bits per heavy atom. The number of hydrogen-bond donors (Lipinski definition) is 2. The summed E-state index contributed by atoms with van der Waals surface area (Å²) in [6.07, 6.45) is 9.04. The van der Waals surface area contributed by atoms with Crippen molar-refractivity contribution in [3.05, 3.63) is 71.6 Å². The van der Waals surface area contributed by atoms with Gasteiger partial charge in [0, 0.05) is 37.5 Å². The van der Waals surface area contributed by atoms with Crippen molar-refractivity contribution in [3.63, 3.8) is 0 Å². The lowest BCUT2D eigenvalue weighted by molar-refractivity contribution is -0.161. The summed E-state index contributed by atoms with van der Waals surface area (Å²) >= 11 is 0. The number of rotatable bonds is 12. The third-order valence-electron chi connectivity index (χ3n) is 12.2. The van der Waals surface area contributed by atoms with E-state index in [1.165, 1.54) is 30.4 Å². The Hall–Kier alpha value is -4.06. The van der Waals surface area contributed by atoms with Gasteiger partial charge in [0.25, 0.3) is 0 Å². The van der Waals surface area contributed by atoms with Gasteiger partial charge < -0.3 is 29.1 Å². The van der Waals surface area contributed by atoms with Gasteiger partial charge in [0.05, 0.1) is 36.6 Å². The fourth-order valence-corrected chi connectivity index (χ4v) is 9.15. The molecule has 2 N–H and O–H groups in total. The van der Waals surface area contributed by atoms with Crippen molar-refractivity contribution in [3.8, 4) is 5.75 Å². The number of nitrogens with zero attached hydrogens (tertiary/aromatic N) is 6. The zero-order valence-electron chi connectivity index (χ0n) is 33.5. The number of hydrogen-bond acceptors (Lipinski definition) is 9. The minimum atomic E-state index is -0.643. The molecular formula is C43H58N8O3. The zero-order chi connectivity index (χ0) is 37.9. The van der Waals surface area contributed by atoms with Crippen molar-refractivity contribution in [1.29, 1.82) is 0 Å². The molecule has 4 heterocycles. The third-order valence-corrected chi connectivity index (χ3v) is 12.2. The molecular weight excluding hydrogens is 677 g/mol. The van der Waals surface area contributed by atoms with Gasteiger partial charge in [0.2, 0.25) is 0 Å². The van der Waals surface area contributed by atoms with E-state index in [0.29, 0.717) is 24.5 Å². The fourth-order valence-electron chi connectivity index (χ4n) is 9.15. The first-order chi connectivity index (χ1) is 25.8. The lowest BCUT2D eigenvalue weighted by atomic mass is 9.76. The van der Waals surface area contributed by atoms with E-state index in [4.69, 9.17) is 29.2 Å². The average molecular weight is 735 g/mol. The largest absolute Gasteiger partial charge is 0.497 e. The van der Waals surface area contributed by atoms with Gasteiger partial charge in [0.15, 0.2) is 17.3 Å². The number of anilines is 1. The van der Waals surface area contributed by atoms with Gasteiger partial charge in [-0.15, -0.1) is 0 Å². The highest BCUT2D eigenvalue weighted by molar-refractivity contribution is 5.82. The summed E-state index contributed by atoms with van der Waals surface area (Å²) in [5, 5.41) is 3.52. The molecule has 288 valence electrons. The number of aromatic amines is 1. The van der Waals surface area contributed by atoms with Gasteiger partial charge in [-0.05, 0) is 113 Å². The molecule has 0 amide bonds. The van der Waals surface area contributed by atoms with Gasteiger partial charge in [-0.1, -0.05) is 32.9 Å². The summed E-state index contributed by atoms with van der Waals surface area (Å²) < 4.78 is 21.0. The molecule has 0 bridgehead atoms. The molecule has 4 atom stereocenters. The highest BCUT2D eigenvalue weighted by atomic mass is 16.8. The number of H-pyrrole nitrogens is 1. The minimum absolute atomic E-state index is 0.00365. The first-order valence-corrected chi connectivity index (χ1v) is 19.9. The lowest BCUT2D eigenvalue weighted by Crippen LogP contribution is -2.51. The SMILES string of the molecule is COc1ccc(CNc2ncnc3c2ncn3[C@@H]2C[C@H](CN(C(C)C)C3CC(CCc4nc5cc(C(C)(C)C)ccc5[nH]4)C3)[C@H]3OC(C)(C)O[C@H]32)c(C)c1. The summed E-state index contributed by atoms with van der Waals surface area (Å²) in [4.78, 5) is 25.5. The second kappa shape index (κ2) is 14.2. The molecule has 0 unspecified atom stereocenters. The number of imidazole rings is 2. The first kappa shape index (κ1) is 36.9. The number of nitrogens with one attached hydrogen (secondary N) is 2. The molecule has 1 saturated heterocycles. The number of aromatic nitrogens is 6. The maximum absolute atomic E-state index is 6.69. The first-order valence-electron chi connectivity index (χ1n) is 19.9. The molecule has 3 fully saturated rings. The van der Waals surface area contributed by atoms with Crippen molar-refractivity contribution >= 4 is 28.0 Å². The van der Waals surface area contributed by atoms with Gasteiger partial charge >= 0.3 is 0 Å². The van der Waals surface area contributed by atoms with Crippen LogP contribution >= 0.6 is 0 Å². The van der Waals surface area contributed by atoms with E-state index in [0.717, 1.165) is 70.5 Å². The quantitative estimate of drug-likeness (QED) is 0.131. The fraction of sp³-hybridized carbons (Fsp3) is 0.581. The standard InChI is InChI=1S/C43H58N8O3/c1-25(2)50(31-17-27(18-31)10-15-36-48-33-14-12-30(42(4,5)6)20-34(33)49-36)22-29-19-35(39-38(29)53-43(7,8)54-39)51-24-47-37-40(45-23-46-41(37)51)44-21-28-11-13-32(52-9)16-26(28)3/h11-14,16,20,23-25,27,29,31,35,38-39H,10,15,17-19,21-22H2,1-9H3,(H,48,49)(H,44,45,46)/t27?,29-,31?,35-,38-,39+/m1/s1. The Morgan fingerprint density at radius 2 is 1.83 bits per heavy atom. The van der Waals surface area contributed by atoms with Crippen molar-refractivity contribution in [1.82, 2.24) is 34.4 Å². The van der Waals surface area contributed by atoms with Crippen molar-refractivity contribution in [2.75, 3.05) is 19.0 Å². The van der Waals surface area contributed by atoms with Crippen LogP contribution in [0, 0.1) is 18.8 Å². The topological polar surface area (TPSA) is 115 Å². The van der Waals surface area contributed by atoms with Gasteiger partial charge in [-0.3, -0.25) is 4.90 Å². The Kier molecular flexibility index (Phi) is 9.71. The maximum Gasteiger partial charge on any atom is 0.165 e. The Bertz CT molecular complexity index is 2110. The van der Waals surface area contributed by atoms with Crippen LogP contribution in [0.2, 0.25) is 0 Å². The van der Waals surface area contributed by atoms with Crippen LogP contribution in [0.4, 0.5) is 5.82 Å². The molecule has 11 nitrogen and oxygen atoms in total. The third kappa shape index (κ3) is 7.22. The van der Waals surface area contributed by atoms with Gasteiger partial charge in [-0.25, -0.2) is 19.9 Å². The molecule has 8 rings (SSSR count). The molecule has 2 aromatic carbocycles. The second-order valence-corrected chi connectivity index (χ2v) is 17.8. The summed E-state index contributed by atoms with van der Waals surface area (Å²) in [5.41, 5.74) is 7.58. The smallest absolute Gasteiger partial charge is 0.165 e. The summed E-state index contributed by atoms with van der Waals surface area (Å²) in [6.45, 7) is 19.2. The normalized spacial score (nSPS) is 25.2. The summed E-state index contributed by atoms with van der Waals surface area (Å²) in [5.74, 6) is 3.09. The van der Waals surface area contributed by atoms with Crippen molar-refractivity contribution in [2.45, 2.75) is 136 Å². The van der Waals surface area contributed by atoms with E-state index in [1.807, 2.05) is 26.2 Å². The lowest BCUT2D eigenvalue weighted by Gasteiger charge is -2.46. The molecule has 54 heavy (non-hydrogen) atoms. The molecule has 5 aromatic rings. The second-order valence-electron chi connectivity index (χ2n) is 17.8. The molecule has 3 aromatic heterocycles. The minimum Gasteiger partial charge on any atom is -0.497 e. The Balaban J connectivity index is 0.929. The average Bonchev–Trinajstić information content (AvgIpc) is 3.87. The monoisotopic (exact) mass is 734 g/mol. The van der Waals surface area contributed by atoms with E-state index in [9.17, 15) is 0 Å². The summed E-state index contributed by atoms with van der Waals surface area (Å²) in [6, 6.07) is 13.9. The molecule has 1 aliphatic heterocycles. The van der Waals surface area contributed by atoms with Crippen LogP contribution < -0.4 is 10.1 Å². The van der Waals surface area contributed by atoms with Crippen LogP contribution in [0.1, 0.15) is 103 Å². The van der Waals surface area contributed by atoms with Crippen molar-refractivity contribution in [2.24, 2.45) is 11.8 Å². The molecule has 2 saturated carbocycles. The number of methoxy groups -OCH3 is 1. The Labute approximate surface area is 319 Å². The van der Waals surface area contributed by atoms with E-state index in [2.05, 4.69) is 96.6 Å². The van der Waals surface area contributed by atoms with Crippen LogP contribution in [-0.2, 0) is 27.9 Å². The Morgan fingerprint density at radius 1 is 1.04 bits per heavy atom. The number of benzene rings is 2. The number of ether oxygens (including phenoxy) is 3. The van der Waals surface area contributed by atoms with Gasteiger partial charge in [-0.2, -0.15) is 0 Å². The van der Waals surface area contributed by atoms with Gasteiger partial charge in [0.1, 0.15) is 29.5 Å². The predicted octanol–water partition coefficient (Wildman–Crippen LogP) is 8.13. The van der Waals surface area contributed by atoms with E-state index in [1.54, 1.807) is 13.4 Å². The molecule has 0 spiro atoms. The van der Waals surface area contributed by atoms with Crippen molar-refractivity contribution < 1.29 is 14.2 Å². The predicted molar refractivity (Wildman–Crippen MR) is 213 cm³/mol. The van der Waals surface area contributed by atoms with E-state index >= 15 is 0 Å². The molecule has 0 radical (unpaired) electrons. The van der Waals surface area contributed by atoms with Crippen LogP contribution in [0.15, 0.2) is 49.1 Å². The highest BCUT2D eigenvalue weighted by Gasteiger charge is 2.55. The van der Waals surface area contributed by atoms with Crippen LogP contribution in [-0.4, -0.2) is 78.1 Å². The van der Waals surface area contributed by atoms with Crippen LogP contribution in [0.25, 0.3) is 22.2 Å². The van der Waals surface area contributed by atoms with E-state index < -0.39 is 5.79 Å². The van der Waals surface area contributed by atoms with E-state index in [-0.39, 0.29) is 23.7 Å². The maximum atomic E-state index is 6.69. The molecule has 2 aliphatic carbocycles. The van der Waals surface area contributed by atoms with Crippen LogP contribution in [0.3, 0.4) is 0 Å². The zero-order valence-corrected chi connectivity index (χ0v) is 33.5.